The van der Waals surface area contributed by atoms with Gasteiger partial charge in [-0.2, -0.15) is 5.26 Å². The maximum absolute atomic E-state index is 9.05. The molecule has 1 rings (SSSR count). The fourth-order valence-electron chi connectivity index (χ4n) is 2.55. The molecule has 2 unspecified atom stereocenters. The average Bonchev–Trinajstić information content (AvgIpc) is 2.65. The summed E-state index contributed by atoms with van der Waals surface area (Å²) in [5, 5.41) is 9.05. The lowest BCUT2D eigenvalue weighted by Crippen LogP contribution is -2.38. The van der Waals surface area contributed by atoms with E-state index >= 15 is 0 Å². The molecule has 0 heterocycles. The van der Waals surface area contributed by atoms with Crippen LogP contribution in [0.1, 0.15) is 46.0 Å². The highest BCUT2D eigenvalue weighted by molar-refractivity contribution is 4.97. The van der Waals surface area contributed by atoms with Crippen molar-refractivity contribution in [1.29, 1.82) is 5.26 Å². The van der Waals surface area contributed by atoms with Crippen LogP contribution in [0, 0.1) is 17.2 Å². The zero-order valence-electron chi connectivity index (χ0n) is 9.50. The first-order valence-corrected chi connectivity index (χ1v) is 5.97. The minimum Gasteiger partial charge on any atom is -0.299 e. The van der Waals surface area contributed by atoms with Crippen molar-refractivity contribution in [3.63, 3.8) is 0 Å². The Morgan fingerprint density at radius 2 is 1.86 bits per heavy atom. The van der Waals surface area contributed by atoms with Crippen molar-refractivity contribution in [2.45, 2.75) is 52.0 Å². The lowest BCUT2D eigenvalue weighted by molar-refractivity contribution is 0.178. The van der Waals surface area contributed by atoms with Crippen molar-refractivity contribution in [2.24, 2.45) is 5.92 Å². The van der Waals surface area contributed by atoms with Gasteiger partial charge in [0.05, 0.1) is 12.0 Å². The topological polar surface area (TPSA) is 27.0 Å². The molecule has 0 saturated heterocycles. The molecule has 0 aromatic rings. The summed E-state index contributed by atoms with van der Waals surface area (Å²) in [4.78, 5) is 2.53. The van der Waals surface area contributed by atoms with E-state index in [1.807, 2.05) is 0 Å². The summed E-state index contributed by atoms with van der Waals surface area (Å²) < 4.78 is 0. The average molecular weight is 194 g/mol. The molecule has 2 heteroatoms. The second-order valence-electron chi connectivity index (χ2n) is 4.27. The predicted molar refractivity (Wildman–Crippen MR) is 58.9 cm³/mol. The first kappa shape index (κ1) is 11.5. The summed E-state index contributed by atoms with van der Waals surface area (Å²) in [6.45, 7) is 6.77. The van der Waals surface area contributed by atoms with Gasteiger partial charge in [0.1, 0.15) is 0 Å². The van der Waals surface area contributed by atoms with Gasteiger partial charge < -0.3 is 0 Å². The molecule has 1 saturated carbocycles. The molecule has 14 heavy (non-hydrogen) atoms. The van der Waals surface area contributed by atoms with Gasteiger partial charge in [-0.25, -0.2) is 0 Å². The Balaban J connectivity index is 2.53. The maximum atomic E-state index is 9.05. The number of hydrogen-bond acceptors (Lipinski definition) is 2. The van der Waals surface area contributed by atoms with Crippen molar-refractivity contribution < 1.29 is 0 Å². The van der Waals surface area contributed by atoms with E-state index < -0.39 is 0 Å². The minimum absolute atomic E-state index is 0.299. The molecule has 0 radical (unpaired) electrons. The third-order valence-corrected chi connectivity index (χ3v) is 3.14. The van der Waals surface area contributed by atoms with Gasteiger partial charge in [0, 0.05) is 6.04 Å². The second kappa shape index (κ2) is 6.03. The fourth-order valence-corrected chi connectivity index (χ4v) is 2.55. The van der Waals surface area contributed by atoms with Crippen LogP contribution in [0.3, 0.4) is 0 Å². The van der Waals surface area contributed by atoms with E-state index in [0.29, 0.717) is 12.0 Å². The SMILES string of the molecule is CCCN(CCC)C1CCCC1C#N. The minimum atomic E-state index is 0.299. The van der Waals surface area contributed by atoms with Gasteiger partial charge in [0.2, 0.25) is 0 Å². The van der Waals surface area contributed by atoms with E-state index in [0.717, 1.165) is 19.5 Å². The van der Waals surface area contributed by atoms with Gasteiger partial charge in [-0.15, -0.1) is 0 Å². The molecule has 0 aromatic heterocycles. The molecular weight excluding hydrogens is 172 g/mol. The lowest BCUT2D eigenvalue weighted by atomic mass is 10.0. The lowest BCUT2D eigenvalue weighted by Gasteiger charge is -2.30. The molecule has 0 bridgehead atoms. The van der Waals surface area contributed by atoms with Crippen LogP contribution in [-0.2, 0) is 0 Å². The monoisotopic (exact) mass is 194 g/mol. The van der Waals surface area contributed by atoms with Crippen LogP contribution >= 0.6 is 0 Å². The standard InChI is InChI=1S/C12H22N2/c1-3-8-14(9-4-2)12-7-5-6-11(12)10-13/h11-12H,3-9H2,1-2H3. The highest BCUT2D eigenvalue weighted by Crippen LogP contribution is 2.29. The number of nitriles is 1. The van der Waals surface area contributed by atoms with Crippen molar-refractivity contribution in [3.05, 3.63) is 0 Å². The van der Waals surface area contributed by atoms with E-state index in [9.17, 15) is 0 Å². The first-order valence-electron chi connectivity index (χ1n) is 5.97. The smallest absolute Gasteiger partial charge is 0.0672 e. The van der Waals surface area contributed by atoms with E-state index in [2.05, 4.69) is 24.8 Å². The van der Waals surface area contributed by atoms with Crippen molar-refractivity contribution >= 4 is 0 Å². The molecule has 0 spiro atoms. The molecule has 2 atom stereocenters. The summed E-state index contributed by atoms with van der Waals surface area (Å²) in [6.07, 6.45) is 6.00. The number of nitrogens with zero attached hydrogens (tertiary/aromatic N) is 2. The van der Waals surface area contributed by atoms with Gasteiger partial charge in [-0.05, 0) is 38.8 Å². The Morgan fingerprint density at radius 3 is 2.36 bits per heavy atom. The molecule has 0 amide bonds. The van der Waals surface area contributed by atoms with Gasteiger partial charge in [0.15, 0.2) is 0 Å². The van der Waals surface area contributed by atoms with Gasteiger partial charge in [0.25, 0.3) is 0 Å². The van der Waals surface area contributed by atoms with Gasteiger partial charge >= 0.3 is 0 Å². The highest BCUT2D eigenvalue weighted by Gasteiger charge is 2.31. The Labute approximate surface area is 87.9 Å². The Morgan fingerprint density at radius 1 is 1.21 bits per heavy atom. The van der Waals surface area contributed by atoms with E-state index in [1.165, 1.54) is 25.7 Å². The first-order chi connectivity index (χ1) is 6.83. The van der Waals surface area contributed by atoms with Crippen molar-refractivity contribution in [1.82, 2.24) is 4.90 Å². The summed E-state index contributed by atoms with van der Waals surface area (Å²) in [6, 6.07) is 3.03. The van der Waals surface area contributed by atoms with Crippen LogP contribution < -0.4 is 0 Å². The third kappa shape index (κ3) is 2.72. The molecule has 0 aliphatic heterocycles. The largest absolute Gasteiger partial charge is 0.299 e. The summed E-state index contributed by atoms with van der Waals surface area (Å²) in [5.41, 5.74) is 0. The summed E-state index contributed by atoms with van der Waals surface area (Å²) in [7, 11) is 0. The Kier molecular flexibility index (Phi) is 4.97. The molecule has 0 aromatic carbocycles. The molecule has 1 aliphatic rings. The van der Waals surface area contributed by atoms with E-state index in [1.54, 1.807) is 0 Å². The zero-order valence-corrected chi connectivity index (χ0v) is 9.50. The van der Waals surface area contributed by atoms with Gasteiger partial charge in [-0.1, -0.05) is 20.3 Å². The van der Waals surface area contributed by atoms with Crippen LogP contribution in [-0.4, -0.2) is 24.0 Å². The van der Waals surface area contributed by atoms with Crippen LogP contribution in [0.15, 0.2) is 0 Å². The maximum Gasteiger partial charge on any atom is 0.0672 e. The van der Waals surface area contributed by atoms with Gasteiger partial charge in [-0.3, -0.25) is 4.90 Å². The Hall–Kier alpha value is -0.550. The van der Waals surface area contributed by atoms with E-state index in [4.69, 9.17) is 5.26 Å². The number of rotatable bonds is 5. The van der Waals surface area contributed by atoms with Crippen LogP contribution in [0.25, 0.3) is 0 Å². The third-order valence-electron chi connectivity index (χ3n) is 3.14. The predicted octanol–water partition coefficient (Wildman–Crippen LogP) is 2.80. The van der Waals surface area contributed by atoms with Crippen LogP contribution in [0.2, 0.25) is 0 Å². The number of hydrogen-bond donors (Lipinski definition) is 0. The highest BCUT2D eigenvalue weighted by atomic mass is 15.2. The molecule has 2 nitrogen and oxygen atoms in total. The molecular formula is C12H22N2. The molecule has 1 aliphatic carbocycles. The Bertz CT molecular complexity index is 189. The second-order valence-corrected chi connectivity index (χ2v) is 4.27. The summed E-state index contributed by atoms with van der Waals surface area (Å²) >= 11 is 0. The molecule has 1 fully saturated rings. The molecule has 80 valence electrons. The normalized spacial score (nSPS) is 26.7. The van der Waals surface area contributed by atoms with Crippen LogP contribution in [0.5, 0.6) is 0 Å². The van der Waals surface area contributed by atoms with Crippen molar-refractivity contribution in [3.8, 4) is 6.07 Å². The summed E-state index contributed by atoms with van der Waals surface area (Å²) in [5.74, 6) is 0.299. The molecule has 0 N–H and O–H groups in total. The van der Waals surface area contributed by atoms with Crippen LogP contribution in [0.4, 0.5) is 0 Å². The quantitative estimate of drug-likeness (QED) is 0.673. The zero-order chi connectivity index (χ0) is 10.4. The fraction of sp³-hybridized carbons (Fsp3) is 0.917. The van der Waals surface area contributed by atoms with E-state index in [-0.39, 0.29) is 0 Å². The van der Waals surface area contributed by atoms with Crippen molar-refractivity contribution in [2.75, 3.05) is 13.1 Å².